The van der Waals surface area contributed by atoms with E-state index in [9.17, 15) is 17.6 Å². The molecule has 6 heteroatoms. The summed E-state index contributed by atoms with van der Waals surface area (Å²) in [5.41, 5.74) is 0.947. The van der Waals surface area contributed by atoms with Gasteiger partial charge in [-0.25, -0.2) is 4.39 Å². The highest BCUT2D eigenvalue weighted by molar-refractivity contribution is 6.42. The minimum atomic E-state index is -4.53. The third kappa shape index (κ3) is 5.64. The molecule has 0 amide bonds. The Balaban J connectivity index is 2.52. The van der Waals surface area contributed by atoms with Crippen LogP contribution in [0.1, 0.15) is 54.5 Å². The number of rotatable bonds is 5. The van der Waals surface area contributed by atoms with Crippen LogP contribution < -0.4 is 0 Å². The number of aryl methyl sites for hydroxylation is 1. The largest absolute Gasteiger partial charge is 0.399 e. The predicted molar refractivity (Wildman–Crippen MR) is 114 cm³/mol. The fourth-order valence-electron chi connectivity index (χ4n) is 3.08. The van der Waals surface area contributed by atoms with E-state index in [2.05, 4.69) is 6.58 Å². The second kappa shape index (κ2) is 8.53. The highest BCUT2D eigenvalue weighted by atomic mass is 35.5. The number of benzene rings is 2. The summed E-state index contributed by atoms with van der Waals surface area (Å²) in [6.07, 6.45) is -2.14. The third-order valence-corrected chi connectivity index (χ3v) is 5.47. The maximum absolute atomic E-state index is 14.6. The molecule has 0 saturated carbocycles. The Morgan fingerprint density at radius 1 is 1.07 bits per heavy atom. The second-order valence-corrected chi connectivity index (χ2v) is 8.35. The monoisotopic (exact) mass is 444 g/mol. The number of hydrogen-bond donors (Lipinski definition) is 0. The fourth-order valence-corrected chi connectivity index (χ4v) is 3.46. The molecule has 0 fully saturated rings. The van der Waals surface area contributed by atoms with Crippen LogP contribution in [0.15, 0.2) is 43.0 Å². The van der Waals surface area contributed by atoms with Gasteiger partial charge >= 0.3 is 6.18 Å². The molecule has 1 unspecified atom stereocenters. The molecule has 2 aromatic rings. The average Bonchev–Trinajstić information content (AvgIpc) is 2.57. The first-order valence-corrected chi connectivity index (χ1v) is 9.67. The van der Waals surface area contributed by atoms with Crippen LogP contribution in [0, 0.1) is 6.92 Å². The van der Waals surface area contributed by atoms with Gasteiger partial charge in [0.1, 0.15) is 5.67 Å². The molecule has 0 saturated heterocycles. The molecule has 0 aliphatic rings. The number of allylic oxidation sites excluding steroid dienone is 2. The molecule has 29 heavy (non-hydrogen) atoms. The zero-order chi connectivity index (χ0) is 22.1. The first kappa shape index (κ1) is 23.5. The summed E-state index contributed by atoms with van der Waals surface area (Å²) in [6.45, 7) is 10.0. The Labute approximate surface area is 178 Å². The number of alkyl halides is 4. The minimum Gasteiger partial charge on any atom is -0.239 e. The third-order valence-electron chi connectivity index (χ3n) is 4.57. The Morgan fingerprint density at radius 3 is 2.17 bits per heavy atom. The standard InChI is InChI=1S/C23H22Cl2F4/c1-13(2)17-8-6-15(11-19(17)22(4,5)26)7-9-18(23(27,28)29)16-10-14(3)21(25)20(24)12-16/h6-12,18H,1H2,2-5H3/b9-7+. The lowest BCUT2D eigenvalue weighted by Gasteiger charge is -2.21. The van der Waals surface area contributed by atoms with Crippen molar-refractivity contribution in [1.82, 2.24) is 0 Å². The van der Waals surface area contributed by atoms with Gasteiger partial charge in [0.2, 0.25) is 0 Å². The van der Waals surface area contributed by atoms with Crippen molar-refractivity contribution < 1.29 is 17.6 Å². The molecule has 0 spiro atoms. The minimum absolute atomic E-state index is 0.00903. The Morgan fingerprint density at radius 2 is 1.69 bits per heavy atom. The molecule has 0 bridgehead atoms. The molecule has 0 heterocycles. The Hall–Kier alpha value is -1.78. The summed E-state index contributed by atoms with van der Waals surface area (Å²) in [5, 5.41) is 0.294. The molecule has 0 radical (unpaired) electrons. The van der Waals surface area contributed by atoms with Crippen LogP contribution in [0.3, 0.4) is 0 Å². The van der Waals surface area contributed by atoms with Crippen molar-refractivity contribution in [3.05, 3.63) is 80.8 Å². The van der Waals surface area contributed by atoms with Crippen molar-refractivity contribution in [3.63, 3.8) is 0 Å². The van der Waals surface area contributed by atoms with E-state index in [4.69, 9.17) is 23.2 Å². The lowest BCUT2D eigenvalue weighted by molar-refractivity contribution is -0.139. The van der Waals surface area contributed by atoms with Gasteiger partial charge in [-0.05, 0) is 67.6 Å². The molecule has 0 aromatic heterocycles. The van der Waals surface area contributed by atoms with Crippen LogP contribution in [-0.4, -0.2) is 6.18 Å². The van der Waals surface area contributed by atoms with E-state index in [1.54, 1.807) is 32.0 Å². The molecule has 0 aliphatic carbocycles. The normalized spacial score (nSPS) is 13.7. The lowest BCUT2D eigenvalue weighted by atomic mass is 9.89. The summed E-state index contributed by atoms with van der Waals surface area (Å²) < 4.78 is 55.8. The van der Waals surface area contributed by atoms with E-state index in [1.165, 1.54) is 32.1 Å². The van der Waals surface area contributed by atoms with Gasteiger partial charge < -0.3 is 0 Å². The van der Waals surface area contributed by atoms with Crippen molar-refractivity contribution in [2.45, 2.75) is 45.5 Å². The van der Waals surface area contributed by atoms with Gasteiger partial charge in [0.05, 0.1) is 16.0 Å². The van der Waals surface area contributed by atoms with Gasteiger partial charge in [0.15, 0.2) is 0 Å². The van der Waals surface area contributed by atoms with Crippen molar-refractivity contribution in [2.24, 2.45) is 0 Å². The zero-order valence-corrected chi connectivity index (χ0v) is 18.1. The van der Waals surface area contributed by atoms with Crippen molar-refractivity contribution in [1.29, 1.82) is 0 Å². The van der Waals surface area contributed by atoms with Gasteiger partial charge in [-0.3, -0.25) is 0 Å². The van der Waals surface area contributed by atoms with Gasteiger partial charge in [-0.1, -0.05) is 65.7 Å². The molecule has 156 valence electrons. The topological polar surface area (TPSA) is 0 Å². The van der Waals surface area contributed by atoms with E-state index in [-0.39, 0.29) is 15.6 Å². The van der Waals surface area contributed by atoms with E-state index in [0.29, 0.717) is 27.8 Å². The molecule has 0 nitrogen and oxygen atoms in total. The van der Waals surface area contributed by atoms with Crippen LogP contribution in [0.2, 0.25) is 10.0 Å². The fraction of sp³-hybridized carbons (Fsp3) is 0.304. The quantitative estimate of drug-likeness (QED) is 0.403. The average molecular weight is 445 g/mol. The molecule has 0 aliphatic heterocycles. The first-order valence-electron chi connectivity index (χ1n) is 8.91. The van der Waals surface area contributed by atoms with Crippen molar-refractivity contribution in [3.8, 4) is 0 Å². The predicted octanol–water partition coefficient (Wildman–Crippen LogP) is 8.90. The van der Waals surface area contributed by atoms with Crippen LogP contribution in [0.5, 0.6) is 0 Å². The molecule has 1 atom stereocenters. The van der Waals surface area contributed by atoms with Gasteiger partial charge in [0.25, 0.3) is 0 Å². The van der Waals surface area contributed by atoms with E-state index in [1.807, 2.05) is 0 Å². The number of hydrogen-bond acceptors (Lipinski definition) is 0. The van der Waals surface area contributed by atoms with Crippen molar-refractivity contribution >= 4 is 34.9 Å². The first-order chi connectivity index (χ1) is 13.2. The van der Waals surface area contributed by atoms with E-state index >= 15 is 0 Å². The Kier molecular flexibility index (Phi) is 6.91. The van der Waals surface area contributed by atoms with Crippen LogP contribution in [0.25, 0.3) is 11.6 Å². The highest BCUT2D eigenvalue weighted by Crippen LogP contribution is 2.40. The summed E-state index contributed by atoms with van der Waals surface area (Å²) in [4.78, 5) is 0. The smallest absolute Gasteiger partial charge is 0.239 e. The van der Waals surface area contributed by atoms with E-state index in [0.717, 1.165) is 6.08 Å². The zero-order valence-electron chi connectivity index (χ0n) is 16.6. The molecule has 2 aromatic carbocycles. The summed E-state index contributed by atoms with van der Waals surface area (Å²) in [6, 6.07) is 7.46. The van der Waals surface area contributed by atoms with Gasteiger partial charge in [-0.2, -0.15) is 13.2 Å². The molecule has 0 N–H and O–H groups in total. The van der Waals surface area contributed by atoms with Gasteiger partial charge in [0, 0.05) is 0 Å². The number of halogens is 6. The second-order valence-electron chi connectivity index (χ2n) is 7.57. The summed E-state index contributed by atoms with van der Waals surface area (Å²) in [7, 11) is 0. The molecular formula is C23H22Cl2F4. The molecular weight excluding hydrogens is 423 g/mol. The Bertz CT molecular complexity index is 927. The van der Waals surface area contributed by atoms with Crippen molar-refractivity contribution in [2.75, 3.05) is 0 Å². The SMILES string of the molecule is C=C(C)c1ccc(/C=C/C(c2cc(C)c(Cl)c(Cl)c2)C(F)(F)F)cc1C(C)(C)F. The van der Waals surface area contributed by atoms with E-state index < -0.39 is 17.8 Å². The molecule has 2 rings (SSSR count). The highest BCUT2D eigenvalue weighted by Gasteiger charge is 2.39. The maximum Gasteiger partial charge on any atom is 0.399 e. The van der Waals surface area contributed by atoms with Gasteiger partial charge in [-0.15, -0.1) is 0 Å². The maximum atomic E-state index is 14.6. The van der Waals surface area contributed by atoms with Crippen LogP contribution in [-0.2, 0) is 5.67 Å². The van der Waals surface area contributed by atoms with Crippen LogP contribution in [0.4, 0.5) is 17.6 Å². The summed E-state index contributed by atoms with van der Waals surface area (Å²) >= 11 is 11.9. The van der Waals surface area contributed by atoms with Crippen LogP contribution >= 0.6 is 23.2 Å². The lowest BCUT2D eigenvalue weighted by Crippen LogP contribution is -2.19. The summed E-state index contributed by atoms with van der Waals surface area (Å²) in [5.74, 6) is -1.88.